The van der Waals surface area contributed by atoms with Crippen molar-refractivity contribution in [1.29, 1.82) is 0 Å². The van der Waals surface area contributed by atoms with Gasteiger partial charge < -0.3 is 14.5 Å². The van der Waals surface area contributed by atoms with E-state index in [1.807, 2.05) is 18.7 Å². The van der Waals surface area contributed by atoms with E-state index in [4.69, 9.17) is 4.74 Å². The Bertz CT molecular complexity index is 299. The molecule has 2 rings (SSSR count). The van der Waals surface area contributed by atoms with Gasteiger partial charge in [-0.05, 0) is 31.8 Å². The Labute approximate surface area is 117 Å². The fourth-order valence-electron chi connectivity index (χ4n) is 2.93. The van der Waals surface area contributed by atoms with Crippen LogP contribution >= 0.6 is 0 Å². The minimum Gasteiger partial charge on any atom is -0.373 e. The molecule has 0 N–H and O–H groups in total. The van der Waals surface area contributed by atoms with Crippen molar-refractivity contribution in [3.63, 3.8) is 0 Å². The average molecular weight is 268 g/mol. The molecular weight excluding hydrogens is 240 g/mol. The molecule has 0 bridgehead atoms. The summed E-state index contributed by atoms with van der Waals surface area (Å²) in [4.78, 5) is 16.5. The molecular formula is C15H28N2O2. The minimum atomic E-state index is 0.0922. The third kappa shape index (κ3) is 4.18. The first kappa shape index (κ1) is 14.8. The van der Waals surface area contributed by atoms with Gasteiger partial charge in [-0.3, -0.25) is 4.79 Å². The number of carbonyl (C=O) groups excluding carboxylic acids is 1. The summed E-state index contributed by atoms with van der Waals surface area (Å²) in [5, 5.41) is 0. The number of carbonyl (C=O) groups is 1. The van der Waals surface area contributed by atoms with Crippen molar-refractivity contribution in [1.82, 2.24) is 9.80 Å². The molecule has 0 aromatic heterocycles. The number of ether oxygens (including phenoxy) is 1. The standard InChI is InChI=1S/C15H28N2O2/c1-12(2)15(18)17-8-9-19-14(11-17)10-16-6-4-13(3)5-7-16/h12-14H,4-11H2,1-3H3. The highest BCUT2D eigenvalue weighted by molar-refractivity contribution is 5.78. The first-order chi connectivity index (χ1) is 9.06. The molecule has 2 fully saturated rings. The van der Waals surface area contributed by atoms with Crippen LogP contribution in [0.3, 0.4) is 0 Å². The van der Waals surface area contributed by atoms with E-state index in [1.165, 1.54) is 25.9 Å². The van der Waals surface area contributed by atoms with Crippen LogP contribution in [0.4, 0.5) is 0 Å². The first-order valence-electron chi connectivity index (χ1n) is 7.69. The zero-order valence-electron chi connectivity index (χ0n) is 12.6. The Balaban J connectivity index is 1.79. The molecule has 110 valence electrons. The van der Waals surface area contributed by atoms with Gasteiger partial charge in [-0.15, -0.1) is 0 Å². The van der Waals surface area contributed by atoms with Crippen LogP contribution in [0, 0.1) is 11.8 Å². The van der Waals surface area contributed by atoms with E-state index in [2.05, 4.69) is 11.8 Å². The van der Waals surface area contributed by atoms with Crippen LogP contribution in [0.15, 0.2) is 0 Å². The zero-order chi connectivity index (χ0) is 13.8. The second kappa shape index (κ2) is 6.71. The van der Waals surface area contributed by atoms with Gasteiger partial charge in [0.1, 0.15) is 0 Å². The molecule has 2 aliphatic heterocycles. The van der Waals surface area contributed by atoms with Crippen molar-refractivity contribution in [2.45, 2.75) is 39.7 Å². The van der Waals surface area contributed by atoms with Crippen molar-refractivity contribution in [2.24, 2.45) is 11.8 Å². The van der Waals surface area contributed by atoms with E-state index in [0.29, 0.717) is 6.61 Å². The van der Waals surface area contributed by atoms with Crippen LogP contribution in [-0.2, 0) is 9.53 Å². The third-order valence-electron chi connectivity index (χ3n) is 4.28. The molecule has 0 saturated carbocycles. The number of morpholine rings is 1. The highest BCUT2D eigenvalue weighted by Gasteiger charge is 2.27. The quantitative estimate of drug-likeness (QED) is 0.779. The molecule has 2 saturated heterocycles. The van der Waals surface area contributed by atoms with Gasteiger partial charge in [-0.25, -0.2) is 0 Å². The SMILES string of the molecule is CC1CCN(CC2CN(C(=O)C(C)C)CCO2)CC1. The normalized spacial score (nSPS) is 26.9. The Kier molecular flexibility index (Phi) is 5.22. The Morgan fingerprint density at radius 2 is 1.95 bits per heavy atom. The zero-order valence-corrected chi connectivity index (χ0v) is 12.6. The molecule has 0 aliphatic carbocycles. The fraction of sp³-hybridized carbons (Fsp3) is 0.933. The van der Waals surface area contributed by atoms with Crippen LogP contribution < -0.4 is 0 Å². The first-order valence-corrected chi connectivity index (χ1v) is 7.69. The largest absolute Gasteiger partial charge is 0.373 e. The maximum Gasteiger partial charge on any atom is 0.225 e. The van der Waals surface area contributed by atoms with Crippen LogP contribution in [-0.4, -0.2) is 61.1 Å². The average Bonchev–Trinajstić information content (AvgIpc) is 2.41. The topological polar surface area (TPSA) is 32.8 Å². The summed E-state index contributed by atoms with van der Waals surface area (Å²) >= 11 is 0. The van der Waals surface area contributed by atoms with E-state index in [-0.39, 0.29) is 17.9 Å². The number of likely N-dealkylation sites (tertiary alicyclic amines) is 1. The molecule has 1 amide bonds. The van der Waals surface area contributed by atoms with Gasteiger partial charge in [0, 0.05) is 25.6 Å². The highest BCUT2D eigenvalue weighted by Crippen LogP contribution is 2.18. The second-order valence-corrected chi connectivity index (χ2v) is 6.41. The van der Waals surface area contributed by atoms with Gasteiger partial charge in [-0.1, -0.05) is 20.8 Å². The lowest BCUT2D eigenvalue weighted by Crippen LogP contribution is -2.51. The van der Waals surface area contributed by atoms with Crippen molar-refractivity contribution < 1.29 is 9.53 Å². The summed E-state index contributed by atoms with van der Waals surface area (Å²) in [5.41, 5.74) is 0. The van der Waals surface area contributed by atoms with Gasteiger partial charge in [0.15, 0.2) is 0 Å². The smallest absolute Gasteiger partial charge is 0.225 e. The summed E-state index contributed by atoms with van der Waals surface area (Å²) < 4.78 is 5.83. The molecule has 0 spiro atoms. The molecule has 0 radical (unpaired) electrons. The molecule has 2 aliphatic rings. The fourth-order valence-corrected chi connectivity index (χ4v) is 2.93. The van der Waals surface area contributed by atoms with Gasteiger partial charge in [0.05, 0.1) is 12.7 Å². The molecule has 1 atom stereocenters. The summed E-state index contributed by atoms with van der Waals surface area (Å²) in [6.45, 7) is 11.8. The van der Waals surface area contributed by atoms with Crippen molar-refractivity contribution in [2.75, 3.05) is 39.3 Å². The minimum absolute atomic E-state index is 0.0922. The number of hydrogen-bond donors (Lipinski definition) is 0. The van der Waals surface area contributed by atoms with E-state index in [1.54, 1.807) is 0 Å². The predicted molar refractivity (Wildman–Crippen MR) is 76.0 cm³/mol. The Morgan fingerprint density at radius 1 is 1.26 bits per heavy atom. The molecule has 19 heavy (non-hydrogen) atoms. The van der Waals surface area contributed by atoms with Gasteiger partial charge in [0.25, 0.3) is 0 Å². The number of nitrogens with zero attached hydrogens (tertiary/aromatic N) is 2. The molecule has 4 nitrogen and oxygen atoms in total. The predicted octanol–water partition coefficient (Wildman–Crippen LogP) is 1.60. The van der Waals surface area contributed by atoms with Gasteiger partial charge in [-0.2, -0.15) is 0 Å². The Hall–Kier alpha value is -0.610. The summed E-state index contributed by atoms with van der Waals surface area (Å²) in [7, 11) is 0. The van der Waals surface area contributed by atoms with Crippen LogP contribution in [0.1, 0.15) is 33.6 Å². The molecule has 4 heteroatoms. The van der Waals surface area contributed by atoms with Crippen molar-refractivity contribution >= 4 is 5.91 Å². The van der Waals surface area contributed by atoms with E-state index in [0.717, 1.165) is 25.6 Å². The van der Waals surface area contributed by atoms with Crippen LogP contribution in [0.2, 0.25) is 0 Å². The van der Waals surface area contributed by atoms with Crippen molar-refractivity contribution in [3.05, 3.63) is 0 Å². The van der Waals surface area contributed by atoms with E-state index < -0.39 is 0 Å². The number of amides is 1. The highest BCUT2D eigenvalue weighted by atomic mass is 16.5. The van der Waals surface area contributed by atoms with Crippen molar-refractivity contribution in [3.8, 4) is 0 Å². The third-order valence-corrected chi connectivity index (χ3v) is 4.28. The number of hydrogen-bond acceptors (Lipinski definition) is 3. The van der Waals surface area contributed by atoms with Gasteiger partial charge >= 0.3 is 0 Å². The number of rotatable bonds is 3. The second-order valence-electron chi connectivity index (χ2n) is 6.41. The van der Waals surface area contributed by atoms with Crippen LogP contribution in [0.25, 0.3) is 0 Å². The Morgan fingerprint density at radius 3 is 2.58 bits per heavy atom. The maximum absolute atomic E-state index is 12.0. The monoisotopic (exact) mass is 268 g/mol. The summed E-state index contributed by atoms with van der Waals surface area (Å²) in [5.74, 6) is 1.22. The summed E-state index contributed by atoms with van der Waals surface area (Å²) in [6, 6.07) is 0. The molecule has 0 aromatic rings. The van der Waals surface area contributed by atoms with E-state index >= 15 is 0 Å². The van der Waals surface area contributed by atoms with E-state index in [9.17, 15) is 4.79 Å². The maximum atomic E-state index is 12.0. The lowest BCUT2D eigenvalue weighted by Gasteiger charge is -2.38. The summed E-state index contributed by atoms with van der Waals surface area (Å²) in [6.07, 6.45) is 2.78. The van der Waals surface area contributed by atoms with Gasteiger partial charge in [0.2, 0.25) is 5.91 Å². The molecule has 1 unspecified atom stereocenters. The van der Waals surface area contributed by atoms with Crippen LogP contribution in [0.5, 0.6) is 0 Å². The lowest BCUT2D eigenvalue weighted by molar-refractivity contribution is -0.142. The molecule has 2 heterocycles. The molecule has 0 aromatic carbocycles. The lowest BCUT2D eigenvalue weighted by atomic mass is 9.99. The number of piperidine rings is 1.